The Morgan fingerprint density at radius 2 is 2.00 bits per heavy atom. The van der Waals surface area contributed by atoms with Gasteiger partial charge in [0.05, 0.1) is 0 Å². The lowest BCUT2D eigenvalue weighted by Gasteiger charge is -2.24. The molecule has 0 unspecified atom stereocenters. The van der Waals surface area contributed by atoms with Gasteiger partial charge in [-0.1, -0.05) is 45.5 Å². The van der Waals surface area contributed by atoms with E-state index >= 15 is 0 Å². The van der Waals surface area contributed by atoms with Crippen LogP contribution in [0.15, 0.2) is 30.2 Å². The number of benzene rings is 1. The van der Waals surface area contributed by atoms with Gasteiger partial charge in [0.25, 0.3) is 0 Å². The van der Waals surface area contributed by atoms with E-state index in [0.717, 1.165) is 18.4 Å². The normalized spacial score (nSPS) is 13.8. The van der Waals surface area contributed by atoms with Gasteiger partial charge < -0.3 is 5.73 Å². The van der Waals surface area contributed by atoms with Gasteiger partial charge in [-0.2, -0.15) is 0 Å². The summed E-state index contributed by atoms with van der Waals surface area (Å²) >= 11 is 1.80. The summed E-state index contributed by atoms with van der Waals surface area (Å²) in [5, 5.41) is 2.15. The van der Waals surface area contributed by atoms with Crippen LogP contribution in [0.2, 0.25) is 0 Å². The summed E-state index contributed by atoms with van der Waals surface area (Å²) in [6, 6.07) is 6.94. The van der Waals surface area contributed by atoms with Crippen LogP contribution in [0.1, 0.15) is 43.0 Å². The molecule has 0 bridgehead atoms. The average Bonchev–Trinajstić information content (AvgIpc) is 2.81. The molecule has 1 aliphatic carbocycles. The topological polar surface area (TPSA) is 26.0 Å². The van der Waals surface area contributed by atoms with E-state index in [1.54, 1.807) is 11.3 Å². The summed E-state index contributed by atoms with van der Waals surface area (Å²) in [6.07, 6.45) is 2.17. The first-order valence-electron chi connectivity index (χ1n) is 7.07. The highest BCUT2D eigenvalue weighted by atomic mass is 32.1. The molecule has 104 valence electrons. The van der Waals surface area contributed by atoms with Crippen LogP contribution in [-0.4, -0.2) is 0 Å². The Morgan fingerprint density at radius 1 is 1.25 bits per heavy atom. The molecule has 0 radical (unpaired) electrons. The minimum atomic E-state index is 0.210. The smallest absolute Gasteiger partial charge is 0.0384 e. The quantitative estimate of drug-likeness (QED) is 0.803. The second kappa shape index (κ2) is 4.49. The van der Waals surface area contributed by atoms with Crippen molar-refractivity contribution in [2.45, 2.75) is 39.0 Å². The number of hydrogen-bond acceptors (Lipinski definition) is 2. The van der Waals surface area contributed by atoms with E-state index in [0.29, 0.717) is 5.70 Å². The molecule has 1 aromatic heterocycles. The van der Waals surface area contributed by atoms with Gasteiger partial charge >= 0.3 is 0 Å². The summed E-state index contributed by atoms with van der Waals surface area (Å²) in [4.78, 5) is 1.38. The van der Waals surface area contributed by atoms with Gasteiger partial charge in [-0.15, -0.1) is 11.3 Å². The fourth-order valence-electron chi connectivity index (χ4n) is 2.87. The van der Waals surface area contributed by atoms with Crippen molar-refractivity contribution in [1.82, 2.24) is 0 Å². The van der Waals surface area contributed by atoms with Gasteiger partial charge in [0.2, 0.25) is 0 Å². The lowest BCUT2D eigenvalue weighted by atomic mass is 9.82. The fourth-order valence-corrected chi connectivity index (χ4v) is 4.08. The second-order valence-corrected chi connectivity index (χ2v) is 7.48. The Kier molecular flexibility index (Phi) is 3.02. The maximum Gasteiger partial charge on any atom is 0.0384 e. The van der Waals surface area contributed by atoms with Gasteiger partial charge in [0.1, 0.15) is 0 Å². The molecule has 0 fully saturated rings. The number of thiophene rings is 1. The van der Waals surface area contributed by atoms with Crippen molar-refractivity contribution < 1.29 is 0 Å². The van der Waals surface area contributed by atoms with Crippen LogP contribution in [0.4, 0.5) is 0 Å². The minimum absolute atomic E-state index is 0.210. The van der Waals surface area contributed by atoms with E-state index in [9.17, 15) is 0 Å². The van der Waals surface area contributed by atoms with Gasteiger partial charge in [0, 0.05) is 21.5 Å². The molecule has 3 rings (SSSR count). The fraction of sp³-hybridized carbons (Fsp3) is 0.333. The molecular weight excluding hydrogens is 262 g/mol. The highest BCUT2D eigenvalue weighted by Crippen LogP contribution is 2.42. The number of aryl methyl sites for hydroxylation is 1. The van der Waals surface area contributed by atoms with Crippen LogP contribution in [0, 0.1) is 0 Å². The zero-order valence-electron chi connectivity index (χ0n) is 12.4. The minimum Gasteiger partial charge on any atom is -0.399 e. The maximum atomic E-state index is 5.90. The monoisotopic (exact) mass is 283 g/mol. The molecule has 2 N–H and O–H groups in total. The second-order valence-electron chi connectivity index (χ2n) is 6.60. The molecule has 2 aromatic rings. The Labute approximate surface area is 125 Å². The highest BCUT2D eigenvalue weighted by molar-refractivity contribution is 7.14. The third-order valence-electron chi connectivity index (χ3n) is 4.10. The summed E-state index contributed by atoms with van der Waals surface area (Å²) in [6.45, 7) is 10.7. The molecule has 1 aliphatic rings. The zero-order chi connectivity index (χ0) is 14.5. The summed E-state index contributed by atoms with van der Waals surface area (Å²) in [5.74, 6) is 0. The standard InChI is InChI=1S/C18H21NS/c1-11(19)16-10-20-17-14-8-6-13(18(2,3)4)9-12(14)5-7-15(16)17/h6,8-10H,1,5,7,19H2,2-4H3. The third kappa shape index (κ3) is 2.08. The molecule has 0 spiro atoms. The molecule has 1 nitrogen and oxygen atoms in total. The third-order valence-corrected chi connectivity index (χ3v) is 5.16. The van der Waals surface area contributed by atoms with Crippen LogP contribution in [0.3, 0.4) is 0 Å². The predicted molar refractivity (Wildman–Crippen MR) is 89.1 cm³/mol. The van der Waals surface area contributed by atoms with Gasteiger partial charge in [-0.25, -0.2) is 0 Å². The number of nitrogens with two attached hydrogens (primary N) is 1. The Morgan fingerprint density at radius 3 is 2.65 bits per heavy atom. The van der Waals surface area contributed by atoms with Crippen molar-refractivity contribution in [3.8, 4) is 10.4 Å². The van der Waals surface area contributed by atoms with E-state index in [-0.39, 0.29) is 5.41 Å². The van der Waals surface area contributed by atoms with E-state index in [1.807, 2.05) is 0 Å². The van der Waals surface area contributed by atoms with Crippen LogP contribution < -0.4 is 5.73 Å². The van der Waals surface area contributed by atoms with Crippen LogP contribution in [-0.2, 0) is 18.3 Å². The first-order valence-corrected chi connectivity index (χ1v) is 7.95. The van der Waals surface area contributed by atoms with E-state index in [2.05, 4.69) is 50.9 Å². The number of hydrogen-bond donors (Lipinski definition) is 1. The van der Waals surface area contributed by atoms with Gasteiger partial charge in [-0.05, 0) is 40.5 Å². The molecule has 20 heavy (non-hydrogen) atoms. The van der Waals surface area contributed by atoms with Crippen LogP contribution in [0.25, 0.3) is 16.1 Å². The first-order chi connectivity index (χ1) is 9.38. The molecule has 0 atom stereocenters. The van der Waals surface area contributed by atoms with E-state index in [1.165, 1.54) is 27.1 Å². The summed E-state index contributed by atoms with van der Waals surface area (Å²) in [7, 11) is 0. The molecular formula is C18H21NS. The average molecular weight is 283 g/mol. The molecule has 2 heteroatoms. The van der Waals surface area contributed by atoms with Crippen molar-refractivity contribution in [3.63, 3.8) is 0 Å². The summed E-state index contributed by atoms with van der Waals surface area (Å²) < 4.78 is 0. The molecule has 1 aromatic carbocycles. The number of rotatable bonds is 1. The van der Waals surface area contributed by atoms with Crippen molar-refractivity contribution in [3.05, 3.63) is 52.4 Å². The maximum absolute atomic E-state index is 5.90. The Balaban J connectivity index is 2.12. The lowest BCUT2D eigenvalue weighted by Crippen LogP contribution is -2.13. The molecule has 0 saturated carbocycles. The Hall–Kier alpha value is -1.54. The molecule has 1 heterocycles. The van der Waals surface area contributed by atoms with Crippen molar-refractivity contribution in [2.24, 2.45) is 5.73 Å². The van der Waals surface area contributed by atoms with Crippen molar-refractivity contribution in [1.29, 1.82) is 0 Å². The van der Waals surface area contributed by atoms with E-state index < -0.39 is 0 Å². The molecule has 0 aliphatic heterocycles. The van der Waals surface area contributed by atoms with Crippen molar-refractivity contribution in [2.75, 3.05) is 0 Å². The largest absolute Gasteiger partial charge is 0.399 e. The van der Waals surface area contributed by atoms with Crippen LogP contribution >= 0.6 is 11.3 Å². The predicted octanol–water partition coefficient (Wildman–Crippen LogP) is 4.74. The Bertz CT molecular complexity index is 686. The van der Waals surface area contributed by atoms with E-state index in [4.69, 9.17) is 5.73 Å². The zero-order valence-corrected chi connectivity index (χ0v) is 13.2. The first kappa shape index (κ1) is 13.4. The van der Waals surface area contributed by atoms with Gasteiger partial charge in [0.15, 0.2) is 0 Å². The highest BCUT2D eigenvalue weighted by Gasteiger charge is 2.23. The molecule has 0 saturated heterocycles. The van der Waals surface area contributed by atoms with Gasteiger partial charge in [-0.3, -0.25) is 0 Å². The molecule has 0 amide bonds. The lowest BCUT2D eigenvalue weighted by molar-refractivity contribution is 0.589. The van der Waals surface area contributed by atoms with Crippen molar-refractivity contribution >= 4 is 17.0 Å². The van der Waals surface area contributed by atoms with Crippen LogP contribution in [0.5, 0.6) is 0 Å². The summed E-state index contributed by atoms with van der Waals surface area (Å²) in [5.41, 5.74) is 13.6. The number of fused-ring (bicyclic) bond motifs is 3. The SMILES string of the molecule is C=C(N)c1csc2c1CCc1cc(C(C)(C)C)ccc1-2.